The maximum Gasteiger partial charge on any atom is 0.347 e. The van der Waals surface area contributed by atoms with Crippen LogP contribution in [0.15, 0.2) is 47.5 Å². The van der Waals surface area contributed by atoms with Crippen molar-refractivity contribution >= 4 is 5.91 Å². The molecule has 1 atom stereocenters. The number of amides is 1. The quantitative estimate of drug-likeness (QED) is 0.790. The first-order chi connectivity index (χ1) is 13.4. The van der Waals surface area contributed by atoms with Crippen molar-refractivity contribution in [1.82, 2.24) is 19.4 Å². The third kappa shape index (κ3) is 5.04. The van der Waals surface area contributed by atoms with Crippen LogP contribution in [0, 0.1) is 11.7 Å². The van der Waals surface area contributed by atoms with Crippen LogP contribution in [-0.2, 0) is 17.9 Å². The van der Waals surface area contributed by atoms with Gasteiger partial charge in [0, 0.05) is 44.6 Å². The number of aromatic nitrogens is 2. The molecule has 1 amide bonds. The van der Waals surface area contributed by atoms with E-state index in [9.17, 15) is 14.0 Å². The Morgan fingerprint density at radius 1 is 1.25 bits per heavy atom. The van der Waals surface area contributed by atoms with E-state index in [-0.39, 0.29) is 24.3 Å². The summed E-state index contributed by atoms with van der Waals surface area (Å²) in [6.45, 7) is 7.20. The van der Waals surface area contributed by atoms with Crippen LogP contribution >= 0.6 is 0 Å². The van der Waals surface area contributed by atoms with Crippen molar-refractivity contribution in [3.05, 3.63) is 64.6 Å². The van der Waals surface area contributed by atoms with Crippen molar-refractivity contribution in [2.45, 2.75) is 39.4 Å². The number of hydrogen-bond donors (Lipinski definition) is 0. The Labute approximate surface area is 164 Å². The van der Waals surface area contributed by atoms with Gasteiger partial charge in [-0.2, -0.15) is 0 Å². The molecule has 0 unspecified atom stereocenters. The molecule has 2 heterocycles. The van der Waals surface area contributed by atoms with E-state index in [4.69, 9.17) is 0 Å². The smallest absolute Gasteiger partial charge is 0.340 e. The summed E-state index contributed by atoms with van der Waals surface area (Å²) in [5, 5.41) is 0. The summed E-state index contributed by atoms with van der Waals surface area (Å²) in [6.07, 6.45) is 3.88. The third-order valence-electron chi connectivity index (χ3n) is 5.26. The summed E-state index contributed by atoms with van der Waals surface area (Å²) in [4.78, 5) is 32.6. The highest BCUT2D eigenvalue weighted by atomic mass is 19.1. The third-order valence-corrected chi connectivity index (χ3v) is 5.26. The van der Waals surface area contributed by atoms with Gasteiger partial charge in [0.05, 0.1) is 0 Å². The second kappa shape index (κ2) is 9.10. The molecule has 0 saturated carbocycles. The zero-order valence-electron chi connectivity index (χ0n) is 16.4. The first-order valence-corrected chi connectivity index (χ1v) is 9.72. The maximum atomic E-state index is 13.2. The van der Waals surface area contributed by atoms with Crippen LogP contribution < -0.4 is 5.69 Å². The summed E-state index contributed by atoms with van der Waals surface area (Å²) in [7, 11) is 0. The maximum absolute atomic E-state index is 13.2. The van der Waals surface area contributed by atoms with Crippen LogP contribution in [-0.4, -0.2) is 50.9 Å². The minimum atomic E-state index is -0.413. The Kier molecular flexibility index (Phi) is 6.57. The monoisotopic (exact) mass is 386 g/mol. The predicted molar refractivity (Wildman–Crippen MR) is 105 cm³/mol. The standard InChI is InChI=1S/C21H27FN4O2/c1-16(2)19-14-25(20(27)15-26-10-3-9-23-21(26)28)12-4-11-24(19)13-17-5-7-18(22)8-6-17/h3,5-10,16,19H,4,11-15H2,1-2H3/t19-/m0/s1. The zero-order valence-corrected chi connectivity index (χ0v) is 16.4. The number of hydrogen-bond acceptors (Lipinski definition) is 4. The molecule has 1 aromatic heterocycles. The van der Waals surface area contributed by atoms with Gasteiger partial charge in [-0.05, 0) is 36.1 Å². The molecule has 0 bridgehead atoms. The number of rotatable bonds is 5. The average Bonchev–Trinajstić information content (AvgIpc) is 2.88. The molecule has 7 heteroatoms. The van der Waals surface area contributed by atoms with Crippen LogP contribution in [0.5, 0.6) is 0 Å². The first-order valence-electron chi connectivity index (χ1n) is 9.72. The number of halogens is 1. The lowest BCUT2D eigenvalue weighted by Gasteiger charge is -2.34. The molecule has 1 saturated heterocycles. The highest BCUT2D eigenvalue weighted by molar-refractivity contribution is 5.76. The minimum absolute atomic E-state index is 0.00938. The molecule has 1 aromatic carbocycles. The molecule has 2 aromatic rings. The molecular formula is C21H27FN4O2. The van der Waals surface area contributed by atoms with Crippen LogP contribution in [0.25, 0.3) is 0 Å². The summed E-state index contributed by atoms with van der Waals surface area (Å²) in [6, 6.07) is 8.45. The number of nitrogens with zero attached hydrogens (tertiary/aromatic N) is 4. The van der Waals surface area contributed by atoms with E-state index in [1.807, 2.05) is 17.0 Å². The fourth-order valence-electron chi connectivity index (χ4n) is 3.70. The molecule has 150 valence electrons. The predicted octanol–water partition coefficient (Wildman–Crippen LogP) is 2.14. The van der Waals surface area contributed by atoms with Crippen molar-refractivity contribution in [2.75, 3.05) is 19.6 Å². The highest BCUT2D eigenvalue weighted by Gasteiger charge is 2.29. The highest BCUT2D eigenvalue weighted by Crippen LogP contribution is 2.20. The van der Waals surface area contributed by atoms with Gasteiger partial charge in [0.1, 0.15) is 12.4 Å². The van der Waals surface area contributed by atoms with Gasteiger partial charge in [0.2, 0.25) is 5.91 Å². The van der Waals surface area contributed by atoms with E-state index in [2.05, 4.69) is 23.7 Å². The first kappa shape index (κ1) is 20.2. The van der Waals surface area contributed by atoms with Gasteiger partial charge in [-0.3, -0.25) is 14.3 Å². The van der Waals surface area contributed by atoms with E-state index in [1.165, 1.54) is 22.9 Å². The molecule has 0 radical (unpaired) electrons. The summed E-state index contributed by atoms with van der Waals surface area (Å²) in [5.41, 5.74) is 0.651. The summed E-state index contributed by atoms with van der Waals surface area (Å²) in [5.74, 6) is 0.0572. The zero-order chi connectivity index (χ0) is 20.1. The lowest BCUT2D eigenvalue weighted by molar-refractivity contribution is -0.132. The van der Waals surface area contributed by atoms with Crippen molar-refractivity contribution in [1.29, 1.82) is 0 Å². The molecular weight excluding hydrogens is 359 g/mol. The molecule has 1 aliphatic heterocycles. The second-order valence-corrected chi connectivity index (χ2v) is 7.63. The minimum Gasteiger partial charge on any atom is -0.340 e. The van der Waals surface area contributed by atoms with Crippen LogP contribution in [0.2, 0.25) is 0 Å². The topological polar surface area (TPSA) is 58.4 Å². The van der Waals surface area contributed by atoms with Gasteiger partial charge in [-0.15, -0.1) is 0 Å². The molecule has 0 spiro atoms. The van der Waals surface area contributed by atoms with E-state index in [0.29, 0.717) is 19.0 Å². The number of carbonyl (C=O) groups excluding carboxylic acids is 1. The van der Waals surface area contributed by atoms with Crippen LogP contribution in [0.4, 0.5) is 4.39 Å². The molecule has 1 aliphatic rings. The Morgan fingerprint density at radius 3 is 2.68 bits per heavy atom. The molecule has 28 heavy (non-hydrogen) atoms. The van der Waals surface area contributed by atoms with E-state index in [1.54, 1.807) is 12.3 Å². The van der Waals surface area contributed by atoms with E-state index < -0.39 is 5.69 Å². The molecule has 0 N–H and O–H groups in total. The van der Waals surface area contributed by atoms with Gasteiger partial charge >= 0.3 is 5.69 Å². The Hall–Kier alpha value is -2.54. The fraction of sp³-hybridized carbons (Fsp3) is 0.476. The molecule has 0 aliphatic carbocycles. The van der Waals surface area contributed by atoms with Gasteiger partial charge in [-0.1, -0.05) is 26.0 Å². The summed E-state index contributed by atoms with van der Waals surface area (Å²) >= 11 is 0. The Balaban J connectivity index is 1.71. The Morgan fingerprint density at radius 2 is 2.00 bits per heavy atom. The van der Waals surface area contributed by atoms with Crippen molar-refractivity contribution in [3.8, 4) is 0 Å². The van der Waals surface area contributed by atoms with Crippen molar-refractivity contribution < 1.29 is 9.18 Å². The van der Waals surface area contributed by atoms with Crippen molar-refractivity contribution in [3.63, 3.8) is 0 Å². The summed E-state index contributed by atoms with van der Waals surface area (Å²) < 4.78 is 14.5. The van der Waals surface area contributed by atoms with Crippen LogP contribution in [0.1, 0.15) is 25.8 Å². The van der Waals surface area contributed by atoms with Gasteiger partial charge in [0.15, 0.2) is 0 Å². The normalized spacial score (nSPS) is 18.3. The lowest BCUT2D eigenvalue weighted by atomic mass is 10.0. The molecule has 1 fully saturated rings. The average molecular weight is 386 g/mol. The fourth-order valence-corrected chi connectivity index (χ4v) is 3.70. The van der Waals surface area contributed by atoms with Crippen LogP contribution in [0.3, 0.4) is 0 Å². The van der Waals surface area contributed by atoms with Crippen molar-refractivity contribution in [2.24, 2.45) is 5.92 Å². The largest absolute Gasteiger partial charge is 0.347 e. The van der Waals surface area contributed by atoms with Gasteiger partial charge in [0.25, 0.3) is 0 Å². The molecule has 6 nitrogen and oxygen atoms in total. The lowest BCUT2D eigenvalue weighted by Crippen LogP contribution is -2.46. The van der Waals surface area contributed by atoms with Gasteiger partial charge in [-0.25, -0.2) is 14.2 Å². The Bertz CT molecular complexity index is 850. The number of carbonyl (C=O) groups is 1. The second-order valence-electron chi connectivity index (χ2n) is 7.63. The molecule has 3 rings (SSSR count). The van der Waals surface area contributed by atoms with E-state index in [0.717, 1.165) is 25.1 Å². The van der Waals surface area contributed by atoms with E-state index >= 15 is 0 Å². The SMILES string of the molecule is CC(C)[C@@H]1CN(C(=O)Cn2cccnc2=O)CCCN1Cc1ccc(F)cc1. The number of benzene rings is 1. The van der Waals surface area contributed by atoms with Gasteiger partial charge < -0.3 is 4.90 Å².